The number of hydrogen-bond acceptors (Lipinski definition) is 3. The Balaban J connectivity index is 2.60. The first-order chi connectivity index (χ1) is 8.11. The molecule has 0 bridgehead atoms. The molecule has 0 saturated heterocycles. The van der Waals surface area contributed by atoms with Crippen molar-refractivity contribution in [1.82, 2.24) is 19.7 Å². The van der Waals surface area contributed by atoms with Crippen LogP contribution < -0.4 is 0 Å². The molecule has 0 aliphatic carbocycles. The number of pyridine rings is 1. The first-order valence-corrected chi connectivity index (χ1v) is 5.98. The summed E-state index contributed by atoms with van der Waals surface area (Å²) >= 11 is 0. The molecule has 0 saturated carbocycles. The number of rotatable bonds is 3. The van der Waals surface area contributed by atoms with Gasteiger partial charge in [0.05, 0.1) is 0 Å². The molecule has 17 heavy (non-hydrogen) atoms. The van der Waals surface area contributed by atoms with E-state index in [0.29, 0.717) is 11.8 Å². The molecule has 4 heteroatoms. The van der Waals surface area contributed by atoms with Crippen molar-refractivity contribution in [2.45, 2.75) is 39.5 Å². The monoisotopic (exact) mass is 230 g/mol. The van der Waals surface area contributed by atoms with E-state index in [1.54, 1.807) is 6.20 Å². The molecule has 0 aromatic carbocycles. The van der Waals surface area contributed by atoms with E-state index in [1.807, 2.05) is 18.2 Å². The minimum Gasteiger partial charge on any atom is -0.266 e. The molecule has 2 rings (SSSR count). The highest BCUT2D eigenvalue weighted by atomic mass is 15.3. The van der Waals surface area contributed by atoms with E-state index in [0.717, 1.165) is 17.5 Å². The van der Waals surface area contributed by atoms with Gasteiger partial charge in [0, 0.05) is 18.0 Å². The number of nitrogens with zero attached hydrogens (tertiary/aromatic N) is 4. The molecule has 0 aliphatic rings. The van der Waals surface area contributed by atoms with E-state index in [1.165, 1.54) is 0 Å². The maximum absolute atomic E-state index is 4.39. The zero-order valence-electron chi connectivity index (χ0n) is 10.8. The van der Waals surface area contributed by atoms with E-state index in [4.69, 9.17) is 0 Å². The quantitative estimate of drug-likeness (QED) is 0.814. The summed E-state index contributed by atoms with van der Waals surface area (Å²) < 4.78 is 2.06. The largest absolute Gasteiger partial charge is 0.266 e. The summed E-state index contributed by atoms with van der Waals surface area (Å²) in [6.07, 6.45) is 1.80. The van der Waals surface area contributed by atoms with Crippen LogP contribution in [0.25, 0.3) is 5.82 Å². The van der Waals surface area contributed by atoms with Gasteiger partial charge >= 0.3 is 0 Å². The van der Waals surface area contributed by atoms with Crippen LogP contribution in [0.2, 0.25) is 0 Å². The van der Waals surface area contributed by atoms with Crippen molar-refractivity contribution in [3.63, 3.8) is 0 Å². The lowest BCUT2D eigenvalue weighted by molar-refractivity contribution is 0.700. The minimum absolute atomic E-state index is 0.331. The second-order valence-electron chi connectivity index (χ2n) is 4.75. The molecular formula is C13H18N4. The second kappa shape index (κ2) is 4.65. The van der Waals surface area contributed by atoms with Crippen LogP contribution in [0.3, 0.4) is 0 Å². The summed E-state index contributed by atoms with van der Waals surface area (Å²) in [5.74, 6) is 3.48. The second-order valence-corrected chi connectivity index (χ2v) is 4.75. The summed E-state index contributed by atoms with van der Waals surface area (Å²) in [5.41, 5.74) is 0. The van der Waals surface area contributed by atoms with Crippen molar-refractivity contribution < 1.29 is 0 Å². The molecule has 0 unspecified atom stereocenters. The fourth-order valence-electron chi connectivity index (χ4n) is 1.78. The first kappa shape index (κ1) is 11.8. The molecular weight excluding hydrogens is 212 g/mol. The van der Waals surface area contributed by atoms with E-state index in [9.17, 15) is 0 Å². The van der Waals surface area contributed by atoms with Crippen molar-refractivity contribution in [3.8, 4) is 5.82 Å². The molecule has 4 nitrogen and oxygen atoms in total. The van der Waals surface area contributed by atoms with Gasteiger partial charge in [-0.15, -0.1) is 10.2 Å². The molecule has 0 fully saturated rings. The van der Waals surface area contributed by atoms with Crippen molar-refractivity contribution in [2.24, 2.45) is 0 Å². The summed E-state index contributed by atoms with van der Waals surface area (Å²) in [7, 11) is 0. The zero-order chi connectivity index (χ0) is 12.4. The highest BCUT2D eigenvalue weighted by Crippen LogP contribution is 2.22. The van der Waals surface area contributed by atoms with Crippen molar-refractivity contribution in [1.29, 1.82) is 0 Å². The Labute approximate surface area is 102 Å². The number of hydrogen-bond donors (Lipinski definition) is 0. The van der Waals surface area contributed by atoms with Crippen LogP contribution in [-0.2, 0) is 0 Å². The van der Waals surface area contributed by atoms with E-state index in [-0.39, 0.29) is 0 Å². The first-order valence-electron chi connectivity index (χ1n) is 5.98. The highest BCUT2D eigenvalue weighted by Gasteiger charge is 2.18. The third-order valence-electron chi connectivity index (χ3n) is 2.62. The Morgan fingerprint density at radius 3 is 1.94 bits per heavy atom. The molecule has 0 atom stereocenters. The lowest BCUT2D eigenvalue weighted by atomic mass is 10.2. The maximum Gasteiger partial charge on any atom is 0.141 e. The van der Waals surface area contributed by atoms with E-state index in [2.05, 4.69) is 47.4 Å². The summed E-state index contributed by atoms with van der Waals surface area (Å²) in [6.45, 7) is 8.47. The molecule has 2 aromatic heterocycles. The van der Waals surface area contributed by atoms with Crippen LogP contribution in [-0.4, -0.2) is 19.7 Å². The molecule has 0 amide bonds. The third-order valence-corrected chi connectivity index (χ3v) is 2.62. The fraction of sp³-hybridized carbons (Fsp3) is 0.462. The summed E-state index contributed by atoms with van der Waals surface area (Å²) in [6, 6.07) is 5.88. The standard InChI is InChI=1S/C13H18N4/c1-9(2)12-15-16-13(10(3)4)17(12)11-7-5-6-8-14-11/h5-10H,1-4H3. The maximum atomic E-state index is 4.39. The average molecular weight is 230 g/mol. The Morgan fingerprint density at radius 2 is 1.53 bits per heavy atom. The number of aromatic nitrogens is 4. The van der Waals surface area contributed by atoms with Crippen LogP contribution in [0.5, 0.6) is 0 Å². The predicted octanol–water partition coefficient (Wildman–Crippen LogP) is 2.91. The van der Waals surface area contributed by atoms with Crippen molar-refractivity contribution in [2.75, 3.05) is 0 Å². The molecule has 2 heterocycles. The van der Waals surface area contributed by atoms with Gasteiger partial charge in [-0.2, -0.15) is 0 Å². The predicted molar refractivity (Wildman–Crippen MR) is 67.3 cm³/mol. The van der Waals surface area contributed by atoms with Crippen LogP contribution in [0.1, 0.15) is 51.2 Å². The highest BCUT2D eigenvalue weighted by molar-refractivity contribution is 5.27. The molecule has 0 spiro atoms. The fourth-order valence-corrected chi connectivity index (χ4v) is 1.78. The minimum atomic E-state index is 0.331. The third kappa shape index (κ3) is 2.20. The summed E-state index contributed by atoms with van der Waals surface area (Å²) in [4.78, 5) is 4.39. The average Bonchev–Trinajstić information content (AvgIpc) is 2.74. The van der Waals surface area contributed by atoms with Gasteiger partial charge in [-0.1, -0.05) is 33.8 Å². The lowest BCUT2D eigenvalue weighted by Crippen LogP contribution is -2.09. The van der Waals surface area contributed by atoms with Crippen molar-refractivity contribution in [3.05, 3.63) is 36.0 Å². The van der Waals surface area contributed by atoms with Gasteiger partial charge in [0.1, 0.15) is 17.5 Å². The Morgan fingerprint density at radius 1 is 0.941 bits per heavy atom. The van der Waals surface area contributed by atoms with Crippen LogP contribution in [0, 0.1) is 0 Å². The van der Waals surface area contributed by atoms with E-state index >= 15 is 0 Å². The Bertz CT molecular complexity index is 460. The normalized spacial score (nSPS) is 11.4. The van der Waals surface area contributed by atoms with Gasteiger partial charge in [-0.3, -0.25) is 4.57 Å². The van der Waals surface area contributed by atoms with Gasteiger partial charge in [0.2, 0.25) is 0 Å². The molecule has 0 radical (unpaired) electrons. The van der Waals surface area contributed by atoms with Crippen molar-refractivity contribution >= 4 is 0 Å². The van der Waals surface area contributed by atoms with Gasteiger partial charge in [0.25, 0.3) is 0 Å². The lowest BCUT2D eigenvalue weighted by Gasteiger charge is -2.12. The van der Waals surface area contributed by atoms with E-state index < -0.39 is 0 Å². The smallest absolute Gasteiger partial charge is 0.141 e. The zero-order valence-corrected chi connectivity index (χ0v) is 10.8. The Kier molecular flexibility index (Phi) is 3.22. The molecule has 90 valence electrons. The summed E-state index contributed by atoms with van der Waals surface area (Å²) in [5, 5.41) is 8.57. The molecule has 0 aliphatic heterocycles. The van der Waals surface area contributed by atoms with Crippen LogP contribution in [0.4, 0.5) is 0 Å². The van der Waals surface area contributed by atoms with Crippen LogP contribution >= 0.6 is 0 Å². The van der Waals surface area contributed by atoms with Gasteiger partial charge in [-0.05, 0) is 12.1 Å². The molecule has 2 aromatic rings. The van der Waals surface area contributed by atoms with Gasteiger partial charge in [-0.25, -0.2) is 4.98 Å². The SMILES string of the molecule is CC(C)c1nnc(C(C)C)n1-c1ccccn1. The topological polar surface area (TPSA) is 43.6 Å². The van der Waals surface area contributed by atoms with Crippen LogP contribution in [0.15, 0.2) is 24.4 Å². The molecule has 0 N–H and O–H groups in total. The van der Waals surface area contributed by atoms with Gasteiger partial charge in [0.15, 0.2) is 0 Å². The Hall–Kier alpha value is -1.71. The van der Waals surface area contributed by atoms with Gasteiger partial charge < -0.3 is 0 Å².